The summed E-state index contributed by atoms with van der Waals surface area (Å²) < 4.78 is 21.7. The molecule has 0 bridgehead atoms. The van der Waals surface area contributed by atoms with E-state index in [0.29, 0.717) is 23.3 Å². The monoisotopic (exact) mass is 516 g/mol. The Bertz CT molecular complexity index is 1520. The number of amides is 1. The lowest BCUT2D eigenvalue weighted by atomic mass is 10.1. The number of hydrogen-bond acceptors (Lipinski definition) is 5. The number of thiazole rings is 1. The van der Waals surface area contributed by atoms with E-state index in [-0.39, 0.29) is 11.7 Å². The topological polar surface area (TPSA) is 51.2 Å². The molecule has 5 aromatic rings. The predicted molar refractivity (Wildman–Crippen MR) is 148 cm³/mol. The number of hydrogen-bond donors (Lipinski definition) is 1. The molecule has 36 heavy (non-hydrogen) atoms. The first-order chi connectivity index (χ1) is 17.6. The van der Waals surface area contributed by atoms with Crippen LogP contribution in [0.4, 0.5) is 10.1 Å². The molecule has 0 unspecified atom stereocenters. The van der Waals surface area contributed by atoms with Crippen molar-refractivity contribution in [1.29, 1.82) is 0 Å². The van der Waals surface area contributed by atoms with E-state index in [1.54, 1.807) is 35.2 Å². The van der Waals surface area contributed by atoms with Crippen LogP contribution >= 0.6 is 23.1 Å². The number of anilines is 1. The van der Waals surface area contributed by atoms with E-state index in [1.807, 2.05) is 60.7 Å². The number of unbranched alkanes of at least 4 members (excludes halogenated alkanes) is 1. The van der Waals surface area contributed by atoms with Gasteiger partial charge in [-0.2, -0.15) is 0 Å². The van der Waals surface area contributed by atoms with Crippen LogP contribution in [0.2, 0.25) is 0 Å². The van der Waals surface area contributed by atoms with Crippen LogP contribution in [0, 0.1) is 5.82 Å². The summed E-state index contributed by atoms with van der Waals surface area (Å²) in [5.41, 5.74) is 3.26. The third-order valence-corrected chi connectivity index (χ3v) is 8.03. The van der Waals surface area contributed by atoms with Gasteiger partial charge in [-0.05, 0) is 65.9 Å². The summed E-state index contributed by atoms with van der Waals surface area (Å²) >= 11 is 3.21. The van der Waals surface area contributed by atoms with Gasteiger partial charge < -0.3 is 10.1 Å². The van der Waals surface area contributed by atoms with Crippen molar-refractivity contribution in [3.8, 4) is 5.75 Å². The summed E-state index contributed by atoms with van der Waals surface area (Å²) in [6.07, 6.45) is 2.09. The second kappa shape index (κ2) is 11.1. The van der Waals surface area contributed by atoms with Crippen LogP contribution < -0.4 is 10.1 Å². The number of ether oxygens (including phenoxy) is 1. The normalized spacial score (nSPS) is 11.2. The van der Waals surface area contributed by atoms with Crippen LogP contribution in [0.15, 0.2) is 83.2 Å². The lowest BCUT2D eigenvalue weighted by molar-refractivity contribution is 0.102. The highest BCUT2D eigenvalue weighted by Crippen LogP contribution is 2.34. The molecule has 0 spiro atoms. The van der Waals surface area contributed by atoms with Gasteiger partial charge in [0, 0.05) is 22.4 Å². The summed E-state index contributed by atoms with van der Waals surface area (Å²) in [6.45, 7) is 2.80. The zero-order valence-corrected chi connectivity index (χ0v) is 21.4. The van der Waals surface area contributed by atoms with Crippen LogP contribution in [0.1, 0.15) is 35.7 Å². The fourth-order valence-corrected chi connectivity index (χ4v) is 5.98. The van der Waals surface area contributed by atoms with Gasteiger partial charge in [-0.25, -0.2) is 9.37 Å². The highest BCUT2D eigenvalue weighted by atomic mass is 32.2. The van der Waals surface area contributed by atoms with Gasteiger partial charge in [-0.1, -0.05) is 55.4 Å². The third kappa shape index (κ3) is 5.53. The molecule has 7 heteroatoms. The number of carbonyl (C=O) groups excluding carboxylic acids is 1. The largest absolute Gasteiger partial charge is 0.494 e. The van der Waals surface area contributed by atoms with Gasteiger partial charge in [0.15, 0.2) is 4.34 Å². The summed E-state index contributed by atoms with van der Waals surface area (Å²) in [4.78, 5) is 17.4. The lowest BCUT2D eigenvalue weighted by Crippen LogP contribution is -2.11. The third-order valence-electron chi connectivity index (χ3n) is 5.82. The predicted octanol–water partition coefficient (Wildman–Crippen LogP) is 8.31. The van der Waals surface area contributed by atoms with Crippen molar-refractivity contribution in [3.05, 3.63) is 95.8 Å². The number of aromatic nitrogens is 1. The van der Waals surface area contributed by atoms with Gasteiger partial charge >= 0.3 is 0 Å². The van der Waals surface area contributed by atoms with Crippen molar-refractivity contribution in [2.45, 2.75) is 29.9 Å². The van der Waals surface area contributed by atoms with E-state index >= 15 is 0 Å². The second-order valence-corrected chi connectivity index (χ2v) is 10.6. The SMILES string of the molecule is CCCCOc1ccc(C(=O)Nc2ccc3nc(SCc4ccc(F)c5ccccc45)sc3c2)cc1. The van der Waals surface area contributed by atoms with Crippen molar-refractivity contribution >= 4 is 55.7 Å². The Morgan fingerprint density at radius 1 is 1.03 bits per heavy atom. The molecular formula is C29H25FN2O2S2. The fourth-order valence-electron chi connectivity index (χ4n) is 3.87. The number of rotatable bonds is 9. The Labute approximate surface area is 217 Å². The molecule has 4 nitrogen and oxygen atoms in total. The van der Waals surface area contributed by atoms with E-state index in [9.17, 15) is 9.18 Å². The molecule has 1 N–H and O–H groups in total. The summed E-state index contributed by atoms with van der Waals surface area (Å²) in [5.74, 6) is 1.09. The van der Waals surface area contributed by atoms with Crippen molar-refractivity contribution in [1.82, 2.24) is 4.98 Å². The maximum Gasteiger partial charge on any atom is 0.255 e. The van der Waals surface area contributed by atoms with Crippen molar-refractivity contribution in [2.24, 2.45) is 0 Å². The van der Waals surface area contributed by atoms with Crippen LogP contribution in [0.5, 0.6) is 5.75 Å². The Morgan fingerprint density at radius 3 is 2.64 bits per heavy atom. The molecule has 0 aliphatic rings. The summed E-state index contributed by atoms with van der Waals surface area (Å²) in [6, 6.07) is 23.8. The van der Waals surface area contributed by atoms with Crippen molar-refractivity contribution < 1.29 is 13.9 Å². The number of nitrogens with zero attached hydrogens (tertiary/aromatic N) is 1. The quantitative estimate of drug-likeness (QED) is 0.158. The molecule has 1 aromatic heterocycles. The number of carbonyl (C=O) groups is 1. The highest BCUT2D eigenvalue weighted by Gasteiger charge is 2.11. The molecule has 0 aliphatic heterocycles. The van der Waals surface area contributed by atoms with Gasteiger partial charge in [0.05, 0.1) is 16.8 Å². The number of nitrogens with one attached hydrogen (secondary N) is 1. The maximum atomic E-state index is 14.1. The van der Waals surface area contributed by atoms with Gasteiger partial charge in [-0.3, -0.25) is 4.79 Å². The molecule has 0 atom stereocenters. The van der Waals surface area contributed by atoms with E-state index in [2.05, 4.69) is 12.2 Å². The Balaban J connectivity index is 1.25. The minimum atomic E-state index is -0.204. The second-order valence-electron chi connectivity index (χ2n) is 8.38. The number of halogens is 1. The molecule has 1 heterocycles. The molecule has 5 rings (SSSR count). The Kier molecular flexibility index (Phi) is 7.49. The van der Waals surface area contributed by atoms with E-state index in [1.165, 1.54) is 6.07 Å². The Morgan fingerprint density at radius 2 is 1.83 bits per heavy atom. The summed E-state index contributed by atoms with van der Waals surface area (Å²) in [7, 11) is 0. The summed E-state index contributed by atoms with van der Waals surface area (Å²) in [5, 5.41) is 4.54. The minimum absolute atomic E-state index is 0.170. The molecule has 4 aromatic carbocycles. The molecule has 0 saturated carbocycles. The van der Waals surface area contributed by atoms with Crippen LogP contribution in [0.3, 0.4) is 0 Å². The average molecular weight is 517 g/mol. The molecule has 0 radical (unpaired) electrons. The molecule has 1 amide bonds. The van der Waals surface area contributed by atoms with Crippen molar-refractivity contribution in [2.75, 3.05) is 11.9 Å². The zero-order valence-electron chi connectivity index (χ0n) is 19.8. The standard InChI is InChI=1S/C29H25FN2O2S2/c1-2-3-16-34-22-12-8-19(9-13-22)28(33)31-21-11-15-26-27(17-21)36-29(32-26)35-18-20-10-14-25(30)24-7-5-4-6-23(20)24/h4-15,17H,2-3,16,18H2,1H3,(H,31,33). The van der Waals surface area contributed by atoms with E-state index < -0.39 is 0 Å². The molecule has 182 valence electrons. The first-order valence-corrected chi connectivity index (χ1v) is 13.6. The molecule has 0 aliphatic carbocycles. The molecule has 0 saturated heterocycles. The zero-order chi connectivity index (χ0) is 24.9. The van der Waals surface area contributed by atoms with Gasteiger partial charge in [-0.15, -0.1) is 11.3 Å². The van der Waals surface area contributed by atoms with Gasteiger partial charge in [0.25, 0.3) is 5.91 Å². The van der Waals surface area contributed by atoms with Gasteiger partial charge in [0.2, 0.25) is 0 Å². The Hall–Kier alpha value is -3.42. The molecule has 0 fully saturated rings. The minimum Gasteiger partial charge on any atom is -0.494 e. The van der Waals surface area contributed by atoms with Gasteiger partial charge in [0.1, 0.15) is 11.6 Å². The first kappa shape index (κ1) is 24.3. The highest BCUT2D eigenvalue weighted by molar-refractivity contribution is 8.00. The van der Waals surface area contributed by atoms with Crippen molar-refractivity contribution in [3.63, 3.8) is 0 Å². The van der Waals surface area contributed by atoms with Crippen LogP contribution in [0.25, 0.3) is 21.0 Å². The van der Waals surface area contributed by atoms with Crippen LogP contribution in [-0.2, 0) is 5.75 Å². The molecular weight excluding hydrogens is 491 g/mol. The fraction of sp³-hybridized carbons (Fsp3) is 0.172. The maximum absolute atomic E-state index is 14.1. The van der Waals surface area contributed by atoms with E-state index in [0.717, 1.165) is 49.8 Å². The smallest absolute Gasteiger partial charge is 0.255 e. The van der Waals surface area contributed by atoms with Crippen LogP contribution in [-0.4, -0.2) is 17.5 Å². The average Bonchev–Trinajstić information content (AvgIpc) is 3.31. The number of benzene rings is 4. The lowest BCUT2D eigenvalue weighted by Gasteiger charge is -2.07. The number of thioether (sulfide) groups is 1. The number of fused-ring (bicyclic) bond motifs is 2. The first-order valence-electron chi connectivity index (χ1n) is 11.8. The van der Waals surface area contributed by atoms with E-state index in [4.69, 9.17) is 9.72 Å².